The first-order valence-electron chi connectivity index (χ1n) is 4.94. The number of aliphatic hydroxyl groups is 1. The van der Waals surface area contributed by atoms with Crippen molar-refractivity contribution >= 4 is 0 Å². The Morgan fingerprint density at radius 1 is 1.29 bits per heavy atom. The molecule has 0 radical (unpaired) electrons. The van der Waals surface area contributed by atoms with Crippen molar-refractivity contribution in [2.75, 3.05) is 13.7 Å². The van der Waals surface area contributed by atoms with Crippen LogP contribution < -0.4 is 4.74 Å². The quantitative estimate of drug-likeness (QED) is 0.796. The summed E-state index contributed by atoms with van der Waals surface area (Å²) < 4.78 is 5.37. The SMILES string of the molecule is COc1c(CCCO)ccc(C)c1C. The number of aryl methyl sites for hydroxylation is 2. The van der Waals surface area contributed by atoms with E-state index in [4.69, 9.17) is 9.84 Å². The van der Waals surface area contributed by atoms with Gasteiger partial charge in [0.1, 0.15) is 5.75 Å². The maximum Gasteiger partial charge on any atom is 0.125 e. The second-order valence-electron chi connectivity index (χ2n) is 3.53. The Balaban J connectivity index is 2.98. The summed E-state index contributed by atoms with van der Waals surface area (Å²) in [4.78, 5) is 0. The molecule has 0 aliphatic heterocycles. The Bertz CT molecular complexity index is 305. The zero-order chi connectivity index (χ0) is 10.6. The zero-order valence-electron chi connectivity index (χ0n) is 9.13. The molecular weight excluding hydrogens is 176 g/mol. The minimum Gasteiger partial charge on any atom is -0.496 e. The van der Waals surface area contributed by atoms with Crippen molar-refractivity contribution in [2.45, 2.75) is 26.7 Å². The van der Waals surface area contributed by atoms with E-state index >= 15 is 0 Å². The summed E-state index contributed by atoms with van der Waals surface area (Å²) in [6.07, 6.45) is 1.67. The molecule has 2 heteroatoms. The maximum atomic E-state index is 8.77. The molecule has 0 fully saturated rings. The highest BCUT2D eigenvalue weighted by Crippen LogP contribution is 2.26. The molecule has 2 nitrogen and oxygen atoms in total. The average Bonchev–Trinajstić information content (AvgIpc) is 2.20. The van der Waals surface area contributed by atoms with Gasteiger partial charge in [0.25, 0.3) is 0 Å². The number of ether oxygens (including phenoxy) is 1. The van der Waals surface area contributed by atoms with Crippen LogP contribution >= 0.6 is 0 Å². The Labute approximate surface area is 85.5 Å². The molecule has 1 N–H and O–H groups in total. The highest BCUT2D eigenvalue weighted by Gasteiger charge is 2.07. The number of rotatable bonds is 4. The first-order chi connectivity index (χ1) is 6.70. The summed E-state index contributed by atoms with van der Waals surface area (Å²) in [6, 6.07) is 4.18. The molecule has 0 unspecified atom stereocenters. The van der Waals surface area contributed by atoms with Crippen LogP contribution in [0, 0.1) is 13.8 Å². The lowest BCUT2D eigenvalue weighted by atomic mass is 10.0. The highest BCUT2D eigenvalue weighted by atomic mass is 16.5. The molecule has 1 rings (SSSR count). The average molecular weight is 194 g/mol. The summed E-state index contributed by atoms with van der Waals surface area (Å²) in [7, 11) is 1.70. The van der Waals surface area contributed by atoms with Gasteiger partial charge >= 0.3 is 0 Å². The molecule has 78 valence electrons. The van der Waals surface area contributed by atoms with E-state index < -0.39 is 0 Å². The Morgan fingerprint density at radius 2 is 2.00 bits per heavy atom. The predicted octanol–water partition coefficient (Wildman–Crippen LogP) is 2.24. The Hall–Kier alpha value is -1.02. The summed E-state index contributed by atoms with van der Waals surface area (Å²) in [5, 5.41) is 8.77. The molecule has 0 spiro atoms. The van der Waals surface area contributed by atoms with Crippen LogP contribution in [0.3, 0.4) is 0 Å². The van der Waals surface area contributed by atoms with E-state index in [1.165, 1.54) is 16.7 Å². The molecule has 0 saturated heterocycles. The van der Waals surface area contributed by atoms with Crippen molar-refractivity contribution in [1.82, 2.24) is 0 Å². The van der Waals surface area contributed by atoms with Crippen LogP contribution in [0.1, 0.15) is 23.1 Å². The number of aliphatic hydroxyl groups excluding tert-OH is 1. The van der Waals surface area contributed by atoms with Gasteiger partial charge in [-0.1, -0.05) is 12.1 Å². The fourth-order valence-electron chi connectivity index (χ4n) is 1.60. The van der Waals surface area contributed by atoms with Gasteiger partial charge in [-0.05, 0) is 43.4 Å². The summed E-state index contributed by atoms with van der Waals surface area (Å²) in [6.45, 7) is 4.38. The van der Waals surface area contributed by atoms with Gasteiger partial charge in [0.2, 0.25) is 0 Å². The van der Waals surface area contributed by atoms with Gasteiger partial charge in [0, 0.05) is 6.61 Å². The number of methoxy groups -OCH3 is 1. The minimum absolute atomic E-state index is 0.232. The second-order valence-corrected chi connectivity index (χ2v) is 3.53. The number of hydrogen-bond donors (Lipinski definition) is 1. The lowest BCUT2D eigenvalue weighted by Crippen LogP contribution is -1.98. The normalized spacial score (nSPS) is 10.3. The van der Waals surface area contributed by atoms with Crippen molar-refractivity contribution in [1.29, 1.82) is 0 Å². The number of hydrogen-bond acceptors (Lipinski definition) is 2. The predicted molar refractivity (Wildman–Crippen MR) is 57.9 cm³/mol. The van der Waals surface area contributed by atoms with Gasteiger partial charge in [-0.25, -0.2) is 0 Å². The van der Waals surface area contributed by atoms with Crippen LogP contribution in [-0.4, -0.2) is 18.8 Å². The molecular formula is C12H18O2. The monoisotopic (exact) mass is 194 g/mol. The smallest absolute Gasteiger partial charge is 0.125 e. The Kier molecular flexibility index (Phi) is 3.96. The van der Waals surface area contributed by atoms with Crippen molar-refractivity contribution in [3.05, 3.63) is 28.8 Å². The topological polar surface area (TPSA) is 29.5 Å². The van der Waals surface area contributed by atoms with Crippen LogP contribution in [0.25, 0.3) is 0 Å². The van der Waals surface area contributed by atoms with E-state index in [0.29, 0.717) is 0 Å². The van der Waals surface area contributed by atoms with Crippen LogP contribution in [0.4, 0.5) is 0 Å². The van der Waals surface area contributed by atoms with E-state index in [1.54, 1.807) is 7.11 Å². The zero-order valence-corrected chi connectivity index (χ0v) is 9.13. The maximum absolute atomic E-state index is 8.77. The summed E-state index contributed by atoms with van der Waals surface area (Å²) >= 11 is 0. The fourth-order valence-corrected chi connectivity index (χ4v) is 1.60. The first-order valence-corrected chi connectivity index (χ1v) is 4.94. The lowest BCUT2D eigenvalue weighted by Gasteiger charge is -2.12. The molecule has 14 heavy (non-hydrogen) atoms. The van der Waals surface area contributed by atoms with Crippen LogP contribution in [-0.2, 0) is 6.42 Å². The van der Waals surface area contributed by atoms with Gasteiger partial charge in [0.05, 0.1) is 7.11 Å². The molecule has 0 saturated carbocycles. The molecule has 0 bridgehead atoms. The molecule has 0 aromatic heterocycles. The standard InChI is InChI=1S/C12H18O2/c1-9-6-7-11(5-4-8-13)12(14-3)10(9)2/h6-7,13H,4-5,8H2,1-3H3. The molecule has 1 aromatic carbocycles. The second kappa shape index (κ2) is 5.01. The van der Waals surface area contributed by atoms with Crippen molar-refractivity contribution < 1.29 is 9.84 Å². The molecule has 0 aliphatic carbocycles. The van der Waals surface area contributed by atoms with E-state index in [9.17, 15) is 0 Å². The first kappa shape index (κ1) is 11.1. The van der Waals surface area contributed by atoms with Gasteiger partial charge < -0.3 is 9.84 Å². The third kappa shape index (κ3) is 2.26. The largest absolute Gasteiger partial charge is 0.496 e. The number of benzene rings is 1. The van der Waals surface area contributed by atoms with Gasteiger partial charge in [-0.3, -0.25) is 0 Å². The molecule has 1 aromatic rings. The third-order valence-electron chi connectivity index (χ3n) is 2.57. The summed E-state index contributed by atoms with van der Waals surface area (Å²) in [5.74, 6) is 0.971. The lowest BCUT2D eigenvalue weighted by molar-refractivity contribution is 0.287. The van der Waals surface area contributed by atoms with Crippen LogP contribution in [0.2, 0.25) is 0 Å². The van der Waals surface area contributed by atoms with Crippen molar-refractivity contribution in [3.8, 4) is 5.75 Å². The molecule has 0 heterocycles. The highest BCUT2D eigenvalue weighted by molar-refractivity contribution is 5.45. The van der Waals surface area contributed by atoms with Gasteiger partial charge in [-0.15, -0.1) is 0 Å². The summed E-state index contributed by atoms with van der Waals surface area (Å²) in [5.41, 5.74) is 3.63. The molecule has 0 amide bonds. The minimum atomic E-state index is 0.232. The van der Waals surface area contributed by atoms with Crippen molar-refractivity contribution in [2.24, 2.45) is 0 Å². The van der Waals surface area contributed by atoms with Gasteiger partial charge in [0.15, 0.2) is 0 Å². The van der Waals surface area contributed by atoms with E-state index in [-0.39, 0.29) is 6.61 Å². The van der Waals surface area contributed by atoms with E-state index in [1.807, 2.05) is 0 Å². The van der Waals surface area contributed by atoms with Crippen molar-refractivity contribution in [3.63, 3.8) is 0 Å². The molecule has 0 aliphatic rings. The van der Waals surface area contributed by atoms with Gasteiger partial charge in [-0.2, -0.15) is 0 Å². The third-order valence-corrected chi connectivity index (χ3v) is 2.57. The fraction of sp³-hybridized carbons (Fsp3) is 0.500. The van der Waals surface area contributed by atoms with Crippen LogP contribution in [0.15, 0.2) is 12.1 Å². The van der Waals surface area contributed by atoms with E-state index in [2.05, 4.69) is 26.0 Å². The molecule has 0 atom stereocenters. The van der Waals surface area contributed by atoms with Crippen LogP contribution in [0.5, 0.6) is 5.75 Å². The Morgan fingerprint density at radius 3 is 2.57 bits per heavy atom. The van der Waals surface area contributed by atoms with E-state index in [0.717, 1.165) is 18.6 Å².